The Morgan fingerprint density at radius 1 is 0.421 bits per heavy atom. The molecule has 2 unspecified atom stereocenters. The molecule has 0 heterocycles. The summed E-state index contributed by atoms with van der Waals surface area (Å²) < 4.78 is 0. The maximum atomic E-state index is 12.4. The van der Waals surface area contributed by atoms with E-state index in [1.807, 2.05) is 6.08 Å². The number of carbonyl (C=O) groups is 1. The van der Waals surface area contributed by atoms with E-state index in [0.29, 0.717) is 6.42 Å². The molecule has 2 atom stereocenters. The summed E-state index contributed by atoms with van der Waals surface area (Å²) in [4.78, 5) is 12.4. The minimum absolute atomic E-state index is 0.0855. The molecular formula is C53H97NO3. The second kappa shape index (κ2) is 48.5. The first kappa shape index (κ1) is 55.1. The third-order valence-corrected chi connectivity index (χ3v) is 11.2. The van der Waals surface area contributed by atoms with E-state index >= 15 is 0 Å². The molecule has 0 aliphatic heterocycles. The van der Waals surface area contributed by atoms with E-state index in [4.69, 9.17) is 0 Å². The van der Waals surface area contributed by atoms with Gasteiger partial charge in [-0.05, 0) is 77.0 Å². The second-order valence-electron chi connectivity index (χ2n) is 16.9. The van der Waals surface area contributed by atoms with Gasteiger partial charge in [-0.2, -0.15) is 0 Å². The number of aliphatic hydroxyl groups excluding tert-OH is 2. The smallest absolute Gasteiger partial charge is 0.220 e. The van der Waals surface area contributed by atoms with E-state index in [0.717, 1.165) is 51.4 Å². The fourth-order valence-electron chi connectivity index (χ4n) is 7.36. The van der Waals surface area contributed by atoms with Crippen LogP contribution in [0.25, 0.3) is 0 Å². The molecule has 57 heavy (non-hydrogen) atoms. The zero-order valence-electron chi connectivity index (χ0n) is 38.1. The number of unbranched alkanes of at least 4 members (excludes halogenated alkanes) is 30. The number of hydrogen-bond acceptors (Lipinski definition) is 3. The van der Waals surface area contributed by atoms with Crippen molar-refractivity contribution in [3.63, 3.8) is 0 Å². The van der Waals surface area contributed by atoms with Gasteiger partial charge in [0.1, 0.15) is 0 Å². The highest BCUT2D eigenvalue weighted by Gasteiger charge is 2.17. The molecule has 0 bridgehead atoms. The maximum absolute atomic E-state index is 12.4. The van der Waals surface area contributed by atoms with Gasteiger partial charge in [0.25, 0.3) is 0 Å². The van der Waals surface area contributed by atoms with Crippen LogP contribution in [0.15, 0.2) is 60.8 Å². The predicted molar refractivity (Wildman–Crippen MR) is 253 cm³/mol. The Hall–Kier alpha value is -1.91. The number of hydrogen-bond donors (Lipinski definition) is 3. The van der Waals surface area contributed by atoms with Crippen molar-refractivity contribution in [2.45, 2.75) is 264 Å². The lowest BCUT2D eigenvalue weighted by Crippen LogP contribution is -2.45. The molecule has 0 saturated carbocycles. The molecule has 0 radical (unpaired) electrons. The minimum Gasteiger partial charge on any atom is -0.394 e. The number of aliphatic hydroxyl groups is 2. The van der Waals surface area contributed by atoms with Gasteiger partial charge in [-0.25, -0.2) is 0 Å². The van der Waals surface area contributed by atoms with E-state index in [2.05, 4.69) is 67.8 Å². The van der Waals surface area contributed by atoms with Gasteiger partial charge in [0.05, 0.1) is 18.8 Å². The van der Waals surface area contributed by atoms with Crippen LogP contribution in [-0.2, 0) is 4.79 Å². The van der Waals surface area contributed by atoms with Crippen LogP contribution >= 0.6 is 0 Å². The van der Waals surface area contributed by atoms with Crippen molar-refractivity contribution in [1.29, 1.82) is 0 Å². The van der Waals surface area contributed by atoms with Crippen LogP contribution in [0, 0.1) is 0 Å². The predicted octanol–water partition coefficient (Wildman–Crippen LogP) is 16.1. The molecule has 4 nitrogen and oxygen atoms in total. The maximum Gasteiger partial charge on any atom is 0.220 e. The summed E-state index contributed by atoms with van der Waals surface area (Å²) in [6.45, 7) is 4.30. The lowest BCUT2D eigenvalue weighted by atomic mass is 10.0. The van der Waals surface area contributed by atoms with E-state index in [-0.39, 0.29) is 12.5 Å². The van der Waals surface area contributed by atoms with Crippen LogP contribution < -0.4 is 5.32 Å². The van der Waals surface area contributed by atoms with Crippen LogP contribution in [0.2, 0.25) is 0 Å². The number of nitrogens with one attached hydrogen (secondary N) is 1. The summed E-state index contributed by atoms with van der Waals surface area (Å²) in [5.74, 6) is -0.0855. The molecule has 0 spiro atoms. The van der Waals surface area contributed by atoms with Crippen molar-refractivity contribution in [2.24, 2.45) is 0 Å². The summed E-state index contributed by atoms with van der Waals surface area (Å²) in [5.41, 5.74) is 0. The topological polar surface area (TPSA) is 69.6 Å². The Morgan fingerprint density at radius 3 is 1.12 bits per heavy atom. The van der Waals surface area contributed by atoms with Crippen molar-refractivity contribution < 1.29 is 15.0 Å². The van der Waals surface area contributed by atoms with Crippen molar-refractivity contribution in [1.82, 2.24) is 5.32 Å². The molecule has 3 N–H and O–H groups in total. The number of carbonyl (C=O) groups excluding carboxylic acids is 1. The molecule has 0 fully saturated rings. The van der Waals surface area contributed by atoms with Crippen LogP contribution in [0.1, 0.15) is 251 Å². The van der Waals surface area contributed by atoms with E-state index in [1.165, 1.54) is 180 Å². The average Bonchev–Trinajstić information content (AvgIpc) is 3.22. The first-order valence-electron chi connectivity index (χ1n) is 25.0. The average molecular weight is 796 g/mol. The highest BCUT2D eigenvalue weighted by Crippen LogP contribution is 2.14. The molecule has 0 aromatic rings. The minimum atomic E-state index is -0.876. The third kappa shape index (κ3) is 45.0. The van der Waals surface area contributed by atoms with Crippen molar-refractivity contribution >= 4 is 5.91 Å². The van der Waals surface area contributed by atoms with Crippen LogP contribution in [-0.4, -0.2) is 34.9 Å². The Morgan fingerprint density at radius 2 is 0.737 bits per heavy atom. The zero-order chi connectivity index (χ0) is 41.4. The highest BCUT2D eigenvalue weighted by molar-refractivity contribution is 5.76. The van der Waals surface area contributed by atoms with Gasteiger partial charge in [-0.1, -0.05) is 229 Å². The molecule has 0 aliphatic rings. The van der Waals surface area contributed by atoms with Gasteiger partial charge >= 0.3 is 0 Å². The Bertz CT molecular complexity index is 950. The lowest BCUT2D eigenvalue weighted by molar-refractivity contribution is -0.123. The van der Waals surface area contributed by atoms with Crippen molar-refractivity contribution in [3.05, 3.63) is 60.8 Å². The number of rotatable bonds is 45. The molecule has 0 aromatic heterocycles. The number of allylic oxidation sites excluding steroid dienone is 9. The van der Waals surface area contributed by atoms with Gasteiger partial charge in [0, 0.05) is 6.42 Å². The highest BCUT2D eigenvalue weighted by atomic mass is 16.3. The van der Waals surface area contributed by atoms with E-state index < -0.39 is 12.1 Å². The molecule has 0 aliphatic carbocycles. The van der Waals surface area contributed by atoms with Crippen molar-refractivity contribution in [3.8, 4) is 0 Å². The quantitative estimate of drug-likeness (QED) is 0.0425. The van der Waals surface area contributed by atoms with Gasteiger partial charge in [-0.3, -0.25) is 4.79 Å². The summed E-state index contributed by atoms with van der Waals surface area (Å²) >= 11 is 0. The van der Waals surface area contributed by atoms with E-state index in [9.17, 15) is 15.0 Å². The normalized spacial score (nSPS) is 13.4. The molecule has 0 rings (SSSR count). The summed E-state index contributed by atoms with van der Waals surface area (Å²) in [6.07, 6.45) is 67.8. The zero-order valence-corrected chi connectivity index (χ0v) is 38.1. The fourth-order valence-corrected chi connectivity index (χ4v) is 7.36. The van der Waals surface area contributed by atoms with Gasteiger partial charge in [0.15, 0.2) is 0 Å². The lowest BCUT2D eigenvalue weighted by Gasteiger charge is -2.19. The Labute approximate surface area is 356 Å². The SMILES string of the molecule is CCCCCCCCCCC/C=C\C/C=C\CCCCCCCCCC(=O)NC(CO)C(O)/C=C/CC/C=C/CC/C=C/CCCCCCCCCCCCCC. The first-order chi connectivity index (χ1) is 28.2. The molecule has 0 saturated heterocycles. The van der Waals surface area contributed by atoms with E-state index in [1.54, 1.807) is 6.08 Å². The first-order valence-corrected chi connectivity index (χ1v) is 25.0. The Balaban J connectivity index is 3.63. The number of amides is 1. The summed E-state index contributed by atoms with van der Waals surface area (Å²) in [7, 11) is 0. The molecular weight excluding hydrogens is 699 g/mol. The Kier molecular flexibility index (Phi) is 46.8. The largest absolute Gasteiger partial charge is 0.394 e. The van der Waals surface area contributed by atoms with Crippen molar-refractivity contribution in [2.75, 3.05) is 6.61 Å². The second-order valence-corrected chi connectivity index (χ2v) is 16.9. The van der Waals surface area contributed by atoms with Gasteiger partial charge < -0.3 is 15.5 Å². The standard InChI is InChI=1S/C53H97NO3/c1-3-5-7-9-11-13-15-17-19-21-23-25-27-29-31-33-35-37-39-41-43-45-47-49-53(57)54-51(50-55)52(56)48-46-44-42-40-38-36-34-32-30-28-26-24-22-20-18-16-14-12-10-8-6-4-2/h23,25,29-32,38,40,46,48,51-52,55-56H,3-22,24,26-28,33-37,39,41-45,47,49-50H2,1-2H3,(H,54,57)/b25-23-,31-29-,32-30+,40-38+,48-46+. The van der Waals surface area contributed by atoms with Gasteiger partial charge in [0.2, 0.25) is 5.91 Å². The van der Waals surface area contributed by atoms with Gasteiger partial charge in [-0.15, -0.1) is 0 Å². The van der Waals surface area contributed by atoms with Crippen LogP contribution in [0.3, 0.4) is 0 Å². The molecule has 4 heteroatoms. The molecule has 332 valence electrons. The summed E-state index contributed by atoms with van der Waals surface area (Å²) in [6, 6.07) is -0.652. The molecule has 1 amide bonds. The van der Waals surface area contributed by atoms with Crippen LogP contribution in [0.4, 0.5) is 0 Å². The fraction of sp³-hybridized carbons (Fsp3) is 0.792. The summed E-state index contributed by atoms with van der Waals surface area (Å²) in [5, 5.41) is 23.1. The monoisotopic (exact) mass is 796 g/mol. The molecule has 0 aromatic carbocycles. The van der Waals surface area contributed by atoms with Crippen LogP contribution in [0.5, 0.6) is 0 Å². The third-order valence-electron chi connectivity index (χ3n) is 11.2.